The first-order valence-corrected chi connectivity index (χ1v) is 8.87. The number of urea groups is 1. The Morgan fingerprint density at radius 1 is 1.24 bits per heavy atom. The van der Waals surface area contributed by atoms with Gasteiger partial charge in [-0.3, -0.25) is 10.2 Å². The minimum Gasteiger partial charge on any atom is -0.429 e. The first-order valence-electron chi connectivity index (χ1n) is 8.87. The molecule has 1 spiro atoms. The Morgan fingerprint density at radius 3 is 2.80 bits per heavy atom. The maximum atomic E-state index is 12.4. The standard InChI is InChI=1S/C19H24N4O2/c1-15-11-20-17(25-15)21-18(24)23-10-8-19(14-23)7-9-22(13-19)12-16-5-3-2-4-6-16/h2-6,11H,7-10,12-14H2,1H3,(H,20,21,24). The zero-order chi connectivity index (χ0) is 17.3. The molecule has 1 N–H and O–H groups in total. The first kappa shape index (κ1) is 16.1. The van der Waals surface area contributed by atoms with Crippen molar-refractivity contribution in [2.75, 3.05) is 31.5 Å². The summed E-state index contributed by atoms with van der Waals surface area (Å²) < 4.78 is 5.34. The Bertz CT molecular complexity index is 745. The molecule has 0 aliphatic carbocycles. The van der Waals surface area contributed by atoms with Crippen molar-refractivity contribution in [2.24, 2.45) is 5.41 Å². The van der Waals surface area contributed by atoms with Gasteiger partial charge in [0.15, 0.2) is 0 Å². The number of hydrogen-bond acceptors (Lipinski definition) is 4. The lowest BCUT2D eigenvalue weighted by Gasteiger charge is -2.24. The van der Waals surface area contributed by atoms with Crippen LogP contribution in [0, 0.1) is 12.3 Å². The van der Waals surface area contributed by atoms with Crippen molar-refractivity contribution in [1.29, 1.82) is 0 Å². The molecule has 4 rings (SSSR count). The summed E-state index contributed by atoms with van der Waals surface area (Å²) in [5, 5.41) is 2.76. The smallest absolute Gasteiger partial charge is 0.325 e. The van der Waals surface area contributed by atoms with Crippen LogP contribution in [0.5, 0.6) is 0 Å². The van der Waals surface area contributed by atoms with Crippen LogP contribution in [0.25, 0.3) is 0 Å². The van der Waals surface area contributed by atoms with Gasteiger partial charge in [-0.2, -0.15) is 0 Å². The third kappa shape index (κ3) is 3.54. The summed E-state index contributed by atoms with van der Waals surface area (Å²) in [5.74, 6) is 0.695. The number of nitrogens with one attached hydrogen (secondary N) is 1. The van der Waals surface area contributed by atoms with E-state index in [2.05, 4.69) is 45.5 Å². The predicted octanol–water partition coefficient (Wildman–Crippen LogP) is 3.11. The fraction of sp³-hybridized carbons (Fsp3) is 0.474. The van der Waals surface area contributed by atoms with Crippen LogP contribution in [-0.4, -0.2) is 47.0 Å². The highest BCUT2D eigenvalue weighted by Crippen LogP contribution is 2.40. The molecule has 3 heterocycles. The third-order valence-corrected chi connectivity index (χ3v) is 5.33. The van der Waals surface area contributed by atoms with Crippen LogP contribution in [0.15, 0.2) is 40.9 Å². The quantitative estimate of drug-likeness (QED) is 0.932. The van der Waals surface area contributed by atoms with Crippen LogP contribution in [-0.2, 0) is 6.54 Å². The van der Waals surface area contributed by atoms with Gasteiger partial charge in [-0.1, -0.05) is 30.3 Å². The number of aryl methyl sites for hydroxylation is 1. The number of hydrogen-bond donors (Lipinski definition) is 1. The van der Waals surface area contributed by atoms with E-state index in [1.54, 1.807) is 6.20 Å². The van der Waals surface area contributed by atoms with Gasteiger partial charge in [0.25, 0.3) is 0 Å². The minimum absolute atomic E-state index is 0.111. The summed E-state index contributed by atoms with van der Waals surface area (Å²) >= 11 is 0. The van der Waals surface area contributed by atoms with Crippen molar-refractivity contribution in [1.82, 2.24) is 14.8 Å². The van der Waals surface area contributed by atoms with E-state index in [1.165, 1.54) is 5.56 Å². The number of likely N-dealkylation sites (tertiary alicyclic amines) is 2. The molecule has 25 heavy (non-hydrogen) atoms. The summed E-state index contributed by atoms with van der Waals surface area (Å²) in [6.45, 7) is 6.57. The highest BCUT2D eigenvalue weighted by atomic mass is 16.4. The number of nitrogens with zero attached hydrogens (tertiary/aromatic N) is 3. The molecule has 2 aliphatic heterocycles. The Morgan fingerprint density at radius 2 is 2.04 bits per heavy atom. The monoisotopic (exact) mass is 340 g/mol. The molecule has 2 aromatic rings. The van der Waals surface area contributed by atoms with E-state index in [0.29, 0.717) is 5.76 Å². The number of aromatic nitrogens is 1. The summed E-state index contributed by atoms with van der Waals surface area (Å²) in [7, 11) is 0. The largest absolute Gasteiger partial charge is 0.429 e. The van der Waals surface area contributed by atoms with Gasteiger partial charge in [0.05, 0.1) is 6.20 Å². The fourth-order valence-electron chi connectivity index (χ4n) is 4.03. The lowest BCUT2D eigenvalue weighted by atomic mass is 9.86. The maximum Gasteiger partial charge on any atom is 0.325 e. The van der Waals surface area contributed by atoms with Gasteiger partial charge in [-0.05, 0) is 31.9 Å². The number of anilines is 1. The van der Waals surface area contributed by atoms with Crippen LogP contribution in [0.4, 0.5) is 10.8 Å². The Balaban J connectivity index is 1.33. The highest BCUT2D eigenvalue weighted by Gasteiger charge is 2.44. The second-order valence-electron chi connectivity index (χ2n) is 7.32. The van der Waals surface area contributed by atoms with Gasteiger partial charge < -0.3 is 9.32 Å². The van der Waals surface area contributed by atoms with Crippen molar-refractivity contribution in [3.05, 3.63) is 47.9 Å². The molecular formula is C19H24N4O2. The van der Waals surface area contributed by atoms with Crippen LogP contribution >= 0.6 is 0 Å². The zero-order valence-corrected chi connectivity index (χ0v) is 14.6. The van der Waals surface area contributed by atoms with E-state index in [1.807, 2.05) is 11.8 Å². The molecule has 6 heteroatoms. The molecular weight excluding hydrogens is 316 g/mol. The minimum atomic E-state index is -0.111. The molecule has 2 fully saturated rings. The van der Waals surface area contributed by atoms with Crippen molar-refractivity contribution >= 4 is 12.0 Å². The normalized spacial score (nSPS) is 23.5. The van der Waals surface area contributed by atoms with Gasteiger partial charge in [0.1, 0.15) is 5.76 Å². The number of oxazole rings is 1. The first-order chi connectivity index (χ1) is 12.1. The molecule has 0 radical (unpaired) electrons. The molecule has 1 unspecified atom stereocenters. The average Bonchev–Trinajstić information content (AvgIpc) is 3.31. The summed E-state index contributed by atoms with van der Waals surface area (Å²) in [6.07, 6.45) is 3.83. The Kier molecular flexibility index (Phi) is 4.21. The lowest BCUT2D eigenvalue weighted by molar-refractivity contribution is 0.209. The van der Waals surface area contributed by atoms with E-state index in [9.17, 15) is 4.79 Å². The summed E-state index contributed by atoms with van der Waals surface area (Å²) in [6, 6.07) is 10.8. The van der Waals surface area contributed by atoms with Gasteiger partial charge in [-0.25, -0.2) is 9.78 Å². The molecule has 1 aromatic heterocycles. The van der Waals surface area contributed by atoms with E-state index in [0.717, 1.165) is 45.6 Å². The maximum absolute atomic E-state index is 12.4. The van der Waals surface area contributed by atoms with Crippen LogP contribution in [0.3, 0.4) is 0 Å². The van der Waals surface area contributed by atoms with Gasteiger partial charge >= 0.3 is 12.0 Å². The van der Waals surface area contributed by atoms with E-state index < -0.39 is 0 Å². The molecule has 6 nitrogen and oxygen atoms in total. The van der Waals surface area contributed by atoms with Gasteiger partial charge in [0.2, 0.25) is 0 Å². The SMILES string of the molecule is Cc1cnc(NC(=O)N2CCC3(CCN(Cc4ccccc4)C3)C2)o1. The number of amides is 2. The Hall–Kier alpha value is -2.34. The highest BCUT2D eigenvalue weighted by molar-refractivity contribution is 5.87. The molecule has 2 amide bonds. The summed E-state index contributed by atoms with van der Waals surface area (Å²) in [4.78, 5) is 20.9. The van der Waals surface area contributed by atoms with Crippen molar-refractivity contribution in [2.45, 2.75) is 26.3 Å². The molecule has 1 atom stereocenters. The third-order valence-electron chi connectivity index (χ3n) is 5.33. The second kappa shape index (κ2) is 6.52. The Labute approximate surface area is 147 Å². The number of carbonyl (C=O) groups excluding carboxylic acids is 1. The molecule has 132 valence electrons. The number of rotatable bonds is 3. The second-order valence-corrected chi connectivity index (χ2v) is 7.32. The molecule has 0 saturated carbocycles. The van der Waals surface area contributed by atoms with Crippen LogP contribution in [0.1, 0.15) is 24.2 Å². The number of carbonyl (C=O) groups is 1. The lowest BCUT2D eigenvalue weighted by Crippen LogP contribution is -2.36. The van der Waals surface area contributed by atoms with Crippen molar-refractivity contribution < 1.29 is 9.21 Å². The van der Waals surface area contributed by atoms with Crippen LogP contribution in [0.2, 0.25) is 0 Å². The zero-order valence-electron chi connectivity index (χ0n) is 14.6. The predicted molar refractivity (Wildman–Crippen MR) is 95.2 cm³/mol. The van der Waals surface area contributed by atoms with Crippen molar-refractivity contribution in [3.63, 3.8) is 0 Å². The van der Waals surface area contributed by atoms with Crippen LogP contribution < -0.4 is 5.32 Å². The van der Waals surface area contributed by atoms with Gasteiger partial charge in [-0.15, -0.1) is 0 Å². The molecule has 1 aromatic carbocycles. The molecule has 0 bridgehead atoms. The van der Waals surface area contributed by atoms with E-state index >= 15 is 0 Å². The fourth-order valence-corrected chi connectivity index (χ4v) is 4.03. The molecule has 2 aliphatic rings. The average molecular weight is 340 g/mol. The summed E-state index contributed by atoms with van der Waals surface area (Å²) in [5.41, 5.74) is 1.59. The topological polar surface area (TPSA) is 61.6 Å². The number of benzene rings is 1. The van der Waals surface area contributed by atoms with Gasteiger partial charge in [0, 0.05) is 31.6 Å². The molecule has 2 saturated heterocycles. The van der Waals surface area contributed by atoms with E-state index in [-0.39, 0.29) is 17.5 Å². The van der Waals surface area contributed by atoms with Crippen molar-refractivity contribution in [3.8, 4) is 0 Å². The van der Waals surface area contributed by atoms with E-state index in [4.69, 9.17) is 4.42 Å².